The van der Waals surface area contributed by atoms with E-state index in [1.54, 1.807) is 37.3 Å². The summed E-state index contributed by atoms with van der Waals surface area (Å²) in [5, 5.41) is 12.7. The van der Waals surface area contributed by atoms with Crippen molar-refractivity contribution in [2.75, 3.05) is 0 Å². The Labute approximate surface area is 131 Å². The second-order valence-corrected chi connectivity index (χ2v) is 5.20. The van der Waals surface area contributed by atoms with Crippen LogP contribution in [0, 0.1) is 0 Å². The van der Waals surface area contributed by atoms with Crippen molar-refractivity contribution in [2.45, 2.75) is 25.2 Å². The highest BCUT2D eigenvalue weighted by atomic mass is 19.4. The lowest BCUT2D eigenvalue weighted by atomic mass is 10.0. The Hall–Kier alpha value is -2.34. The van der Waals surface area contributed by atoms with E-state index in [0.29, 0.717) is 5.56 Å². The molecule has 0 bridgehead atoms. The number of benzene rings is 2. The van der Waals surface area contributed by atoms with Gasteiger partial charge in [0, 0.05) is 5.56 Å². The molecule has 0 unspecified atom stereocenters. The van der Waals surface area contributed by atoms with Crippen LogP contribution in [0.15, 0.2) is 54.6 Å². The van der Waals surface area contributed by atoms with E-state index >= 15 is 0 Å². The van der Waals surface area contributed by atoms with Gasteiger partial charge >= 0.3 is 6.18 Å². The molecule has 2 aromatic rings. The van der Waals surface area contributed by atoms with E-state index in [2.05, 4.69) is 5.32 Å². The molecule has 0 aromatic heterocycles. The molecule has 0 spiro atoms. The van der Waals surface area contributed by atoms with Gasteiger partial charge in [-0.3, -0.25) is 4.79 Å². The largest absolute Gasteiger partial charge is 0.416 e. The first-order valence-corrected chi connectivity index (χ1v) is 7.00. The highest BCUT2D eigenvalue weighted by Gasteiger charge is 2.31. The molecule has 2 N–H and O–H groups in total. The minimum atomic E-state index is -4.51. The first kappa shape index (κ1) is 17.0. The van der Waals surface area contributed by atoms with E-state index in [4.69, 9.17) is 0 Å². The van der Waals surface area contributed by atoms with E-state index in [0.717, 1.165) is 12.1 Å². The standard InChI is InChI=1S/C17H16F3NO2/c1-11(15(22)12-6-3-2-4-7-12)21-16(23)13-8-5-9-14(10-13)17(18,19)20/h2-11,15,22H,1H3,(H,21,23)/t11-,15-/m1/s1. The zero-order valence-electron chi connectivity index (χ0n) is 12.3. The number of carbonyl (C=O) groups is 1. The van der Waals surface area contributed by atoms with Crippen molar-refractivity contribution >= 4 is 5.91 Å². The summed E-state index contributed by atoms with van der Waals surface area (Å²) >= 11 is 0. The van der Waals surface area contributed by atoms with Gasteiger partial charge in [0.15, 0.2) is 0 Å². The summed E-state index contributed by atoms with van der Waals surface area (Å²) in [6.45, 7) is 1.59. The molecule has 6 heteroatoms. The van der Waals surface area contributed by atoms with Gasteiger partial charge in [-0.15, -0.1) is 0 Å². The van der Waals surface area contributed by atoms with Gasteiger partial charge in [0.2, 0.25) is 0 Å². The molecule has 1 amide bonds. The summed E-state index contributed by atoms with van der Waals surface area (Å²) in [4.78, 5) is 12.1. The highest BCUT2D eigenvalue weighted by Crippen LogP contribution is 2.29. The molecule has 0 saturated carbocycles. The highest BCUT2D eigenvalue weighted by molar-refractivity contribution is 5.94. The molecule has 0 saturated heterocycles. The number of halogens is 3. The second kappa shape index (κ2) is 6.83. The molecule has 3 nitrogen and oxygen atoms in total. The van der Waals surface area contributed by atoms with E-state index in [-0.39, 0.29) is 5.56 Å². The maximum atomic E-state index is 12.7. The van der Waals surface area contributed by atoms with Gasteiger partial charge in [0.25, 0.3) is 5.91 Å². The number of amides is 1. The van der Waals surface area contributed by atoms with Crippen molar-refractivity contribution in [3.8, 4) is 0 Å². The molecule has 0 aliphatic carbocycles. The fraction of sp³-hybridized carbons (Fsp3) is 0.235. The number of carbonyl (C=O) groups excluding carboxylic acids is 1. The van der Waals surface area contributed by atoms with Crippen molar-refractivity contribution in [3.63, 3.8) is 0 Å². The predicted octanol–water partition coefficient (Wildman–Crippen LogP) is 3.56. The molecule has 0 fully saturated rings. The first-order chi connectivity index (χ1) is 10.8. The van der Waals surface area contributed by atoms with Crippen LogP contribution in [0.5, 0.6) is 0 Å². The summed E-state index contributed by atoms with van der Waals surface area (Å²) in [6.07, 6.45) is -5.46. The Balaban J connectivity index is 2.10. The summed E-state index contributed by atoms with van der Waals surface area (Å²) in [5.41, 5.74) is -0.377. The molecule has 122 valence electrons. The maximum absolute atomic E-state index is 12.7. The minimum Gasteiger partial charge on any atom is -0.386 e. The van der Waals surface area contributed by atoms with Gasteiger partial charge in [0.05, 0.1) is 17.7 Å². The first-order valence-electron chi connectivity index (χ1n) is 7.00. The molecular formula is C17H16F3NO2. The van der Waals surface area contributed by atoms with Gasteiger partial charge < -0.3 is 10.4 Å². The van der Waals surface area contributed by atoms with Gasteiger partial charge in [0.1, 0.15) is 0 Å². The van der Waals surface area contributed by atoms with Crippen LogP contribution in [0.2, 0.25) is 0 Å². The third-order valence-corrected chi connectivity index (χ3v) is 3.43. The lowest BCUT2D eigenvalue weighted by molar-refractivity contribution is -0.137. The third kappa shape index (κ3) is 4.32. The smallest absolute Gasteiger partial charge is 0.386 e. The minimum absolute atomic E-state index is 0.105. The Kier molecular flexibility index (Phi) is 5.05. The van der Waals surface area contributed by atoms with Crippen LogP contribution >= 0.6 is 0 Å². The second-order valence-electron chi connectivity index (χ2n) is 5.20. The van der Waals surface area contributed by atoms with E-state index in [1.165, 1.54) is 12.1 Å². The lowest BCUT2D eigenvalue weighted by Gasteiger charge is -2.21. The SMILES string of the molecule is C[C@@H](NC(=O)c1cccc(C(F)(F)F)c1)[C@@H](O)c1ccccc1. The normalized spacial score (nSPS) is 14.1. The van der Waals surface area contributed by atoms with Crippen LogP contribution in [-0.4, -0.2) is 17.1 Å². The van der Waals surface area contributed by atoms with E-state index in [9.17, 15) is 23.1 Å². The van der Waals surface area contributed by atoms with Crippen LogP contribution in [0.1, 0.15) is 34.5 Å². The van der Waals surface area contributed by atoms with Crippen LogP contribution in [-0.2, 0) is 6.18 Å². The predicted molar refractivity (Wildman–Crippen MR) is 79.8 cm³/mol. The van der Waals surface area contributed by atoms with Crippen LogP contribution in [0.3, 0.4) is 0 Å². The molecule has 0 radical (unpaired) electrons. The monoisotopic (exact) mass is 323 g/mol. The Morgan fingerprint density at radius 2 is 1.74 bits per heavy atom. The van der Waals surface area contributed by atoms with Crippen molar-refractivity contribution in [3.05, 3.63) is 71.3 Å². The van der Waals surface area contributed by atoms with Crippen molar-refractivity contribution < 1.29 is 23.1 Å². The summed E-state index contributed by atoms with van der Waals surface area (Å²) in [5.74, 6) is -0.668. The Morgan fingerprint density at radius 1 is 1.09 bits per heavy atom. The number of hydrogen-bond acceptors (Lipinski definition) is 2. The molecule has 0 aliphatic heterocycles. The molecule has 2 atom stereocenters. The van der Waals surface area contributed by atoms with Gasteiger partial charge in [-0.05, 0) is 30.7 Å². The maximum Gasteiger partial charge on any atom is 0.416 e. The fourth-order valence-electron chi connectivity index (χ4n) is 2.14. The number of hydrogen-bond donors (Lipinski definition) is 2. The third-order valence-electron chi connectivity index (χ3n) is 3.43. The Bertz CT molecular complexity index is 671. The van der Waals surface area contributed by atoms with Gasteiger partial charge in [-0.2, -0.15) is 13.2 Å². The molecule has 23 heavy (non-hydrogen) atoms. The zero-order chi connectivity index (χ0) is 17.0. The number of aliphatic hydroxyl groups excluding tert-OH is 1. The van der Waals surface area contributed by atoms with Gasteiger partial charge in [-0.25, -0.2) is 0 Å². The lowest BCUT2D eigenvalue weighted by Crippen LogP contribution is -2.37. The molecular weight excluding hydrogens is 307 g/mol. The number of rotatable bonds is 4. The number of aliphatic hydroxyl groups is 1. The van der Waals surface area contributed by atoms with Crippen molar-refractivity contribution in [1.82, 2.24) is 5.32 Å². The van der Waals surface area contributed by atoms with E-state index in [1.807, 2.05) is 0 Å². The van der Waals surface area contributed by atoms with Crippen LogP contribution in [0.4, 0.5) is 13.2 Å². The van der Waals surface area contributed by atoms with Crippen molar-refractivity contribution in [2.24, 2.45) is 0 Å². The summed E-state index contributed by atoms with van der Waals surface area (Å²) in [6, 6.07) is 12.2. The number of alkyl halides is 3. The summed E-state index contributed by atoms with van der Waals surface area (Å²) in [7, 11) is 0. The Morgan fingerprint density at radius 3 is 2.35 bits per heavy atom. The molecule has 0 heterocycles. The summed E-state index contributed by atoms with van der Waals surface area (Å²) < 4.78 is 38.0. The quantitative estimate of drug-likeness (QED) is 0.904. The average Bonchev–Trinajstić information content (AvgIpc) is 2.54. The average molecular weight is 323 g/mol. The topological polar surface area (TPSA) is 49.3 Å². The zero-order valence-corrected chi connectivity index (χ0v) is 12.3. The van der Waals surface area contributed by atoms with Crippen molar-refractivity contribution in [1.29, 1.82) is 0 Å². The number of nitrogens with one attached hydrogen (secondary N) is 1. The molecule has 2 aromatic carbocycles. The molecule has 0 aliphatic rings. The molecule has 2 rings (SSSR count). The van der Waals surface area contributed by atoms with Crippen LogP contribution in [0.25, 0.3) is 0 Å². The van der Waals surface area contributed by atoms with Crippen LogP contribution < -0.4 is 5.32 Å². The van der Waals surface area contributed by atoms with E-state index < -0.39 is 29.8 Å². The fourth-order valence-corrected chi connectivity index (χ4v) is 2.14. The van der Waals surface area contributed by atoms with Gasteiger partial charge in [-0.1, -0.05) is 36.4 Å².